The summed E-state index contributed by atoms with van der Waals surface area (Å²) in [5.41, 5.74) is 0.0277. The first-order valence-corrected chi connectivity index (χ1v) is 6.77. The molecule has 0 bridgehead atoms. The molecule has 110 valence electrons. The lowest BCUT2D eigenvalue weighted by Crippen LogP contribution is -2.48. The Balaban J connectivity index is 2.19. The third-order valence-corrected chi connectivity index (χ3v) is 3.57. The number of hydrogen-bond acceptors (Lipinski definition) is 4. The summed E-state index contributed by atoms with van der Waals surface area (Å²) >= 11 is 0. The van der Waals surface area contributed by atoms with E-state index in [1.807, 2.05) is 0 Å². The third kappa shape index (κ3) is 2.99. The molecule has 1 heterocycles. The van der Waals surface area contributed by atoms with E-state index in [-0.39, 0.29) is 17.1 Å². The number of morpholine rings is 1. The van der Waals surface area contributed by atoms with Gasteiger partial charge in [-0.3, -0.25) is 9.69 Å². The van der Waals surface area contributed by atoms with E-state index in [4.69, 9.17) is 9.47 Å². The van der Waals surface area contributed by atoms with Crippen LogP contribution in [-0.4, -0.2) is 49.6 Å². The maximum absolute atomic E-state index is 14.1. The molecule has 0 aliphatic carbocycles. The first kappa shape index (κ1) is 14.9. The van der Waals surface area contributed by atoms with Crippen molar-refractivity contribution in [2.75, 3.05) is 26.8 Å². The molecular weight excluding hydrogens is 261 g/mol. The number of carbonyl (C=O) groups excluding carboxylic acids is 1. The molecule has 1 aromatic rings. The predicted molar refractivity (Wildman–Crippen MR) is 73.7 cm³/mol. The summed E-state index contributed by atoms with van der Waals surface area (Å²) in [6, 6.07) is 4.91. The third-order valence-electron chi connectivity index (χ3n) is 3.57. The van der Waals surface area contributed by atoms with Gasteiger partial charge in [-0.1, -0.05) is 6.07 Å². The number of methoxy groups -OCH3 is 1. The first-order chi connectivity index (χ1) is 9.54. The second-order valence-electron chi connectivity index (χ2n) is 5.13. The summed E-state index contributed by atoms with van der Waals surface area (Å²) in [5.74, 6) is -0.871. The number of rotatable bonds is 4. The molecule has 5 heteroatoms. The highest BCUT2D eigenvalue weighted by molar-refractivity contribution is 6.00. The van der Waals surface area contributed by atoms with Crippen LogP contribution in [0.15, 0.2) is 18.2 Å². The lowest BCUT2D eigenvalue weighted by molar-refractivity contribution is -0.0258. The Hall–Kier alpha value is -1.46. The van der Waals surface area contributed by atoms with Crippen LogP contribution in [-0.2, 0) is 4.74 Å². The van der Waals surface area contributed by atoms with Crippen molar-refractivity contribution in [1.82, 2.24) is 4.90 Å². The average molecular weight is 281 g/mol. The fourth-order valence-corrected chi connectivity index (χ4v) is 2.33. The van der Waals surface area contributed by atoms with Crippen LogP contribution in [0.2, 0.25) is 0 Å². The summed E-state index contributed by atoms with van der Waals surface area (Å²) in [6.45, 7) is 5.91. The van der Waals surface area contributed by atoms with Crippen LogP contribution in [0, 0.1) is 5.82 Å². The number of Topliss-reactive ketones (excluding diaryl/α,β-unsaturated/α-hetero) is 1. The largest absolute Gasteiger partial charge is 0.494 e. The number of ketones is 1. The van der Waals surface area contributed by atoms with Crippen molar-refractivity contribution >= 4 is 5.78 Å². The molecule has 1 saturated heterocycles. The van der Waals surface area contributed by atoms with Crippen molar-refractivity contribution in [2.24, 2.45) is 0 Å². The van der Waals surface area contributed by atoms with Gasteiger partial charge in [0.1, 0.15) is 6.10 Å². The maximum atomic E-state index is 14.1. The fraction of sp³-hybridized carbons (Fsp3) is 0.533. The second-order valence-corrected chi connectivity index (χ2v) is 5.13. The van der Waals surface area contributed by atoms with Gasteiger partial charge >= 0.3 is 0 Å². The van der Waals surface area contributed by atoms with Crippen molar-refractivity contribution in [3.8, 4) is 5.75 Å². The number of carbonyl (C=O) groups is 1. The van der Waals surface area contributed by atoms with E-state index < -0.39 is 11.9 Å². The predicted octanol–water partition coefficient (Wildman–Crippen LogP) is 2.13. The number of benzene rings is 1. The molecular formula is C15H20FNO3. The summed E-state index contributed by atoms with van der Waals surface area (Å²) in [5, 5.41) is 0. The smallest absolute Gasteiger partial charge is 0.195 e. The fourth-order valence-electron chi connectivity index (χ4n) is 2.33. The highest BCUT2D eigenvalue weighted by atomic mass is 19.1. The number of nitrogens with zero attached hydrogens (tertiary/aromatic N) is 1. The van der Waals surface area contributed by atoms with E-state index in [9.17, 15) is 9.18 Å². The van der Waals surface area contributed by atoms with Crippen molar-refractivity contribution in [3.63, 3.8) is 0 Å². The van der Waals surface area contributed by atoms with Crippen molar-refractivity contribution < 1.29 is 18.7 Å². The normalized spacial score (nSPS) is 20.1. The van der Waals surface area contributed by atoms with Gasteiger partial charge in [0.05, 0.1) is 19.3 Å². The zero-order valence-electron chi connectivity index (χ0n) is 12.1. The molecule has 1 atom stereocenters. The quantitative estimate of drug-likeness (QED) is 0.793. The van der Waals surface area contributed by atoms with Crippen LogP contribution in [0.5, 0.6) is 5.75 Å². The zero-order valence-corrected chi connectivity index (χ0v) is 12.1. The summed E-state index contributed by atoms with van der Waals surface area (Å²) in [7, 11) is 1.38. The highest BCUT2D eigenvalue weighted by Crippen LogP contribution is 2.23. The van der Waals surface area contributed by atoms with E-state index in [0.29, 0.717) is 19.2 Å². The van der Waals surface area contributed by atoms with Crippen LogP contribution < -0.4 is 4.74 Å². The molecule has 1 aliphatic rings. The van der Waals surface area contributed by atoms with Gasteiger partial charge in [0.2, 0.25) is 0 Å². The van der Waals surface area contributed by atoms with Crippen LogP contribution in [0.25, 0.3) is 0 Å². The Morgan fingerprint density at radius 1 is 1.50 bits per heavy atom. The molecule has 0 spiro atoms. The van der Waals surface area contributed by atoms with E-state index in [2.05, 4.69) is 18.7 Å². The Labute approximate surface area is 118 Å². The molecule has 1 fully saturated rings. The zero-order chi connectivity index (χ0) is 14.7. The topological polar surface area (TPSA) is 38.8 Å². The van der Waals surface area contributed by atoms with Gasteiger partial charge in [0.25, 0.3) is 0 Å². The molecule has 0 aromatic heterocycles. The molecule has 0 N–H and O–H groups in total. The maximum Gasteiger partial charge on any atom is 0.195 e. The van der Waals surface area contributed by atoms with Gasteiger partial charge in [-0.2, -0.15) is 0 Å². The number of halogens is 1. The van der Waals surface area contributed by atoms with Gasteiger partial charge < -0.3 is 9.47 Å². The summed E-state index contributed by atoms with van der Waals surface area (Å²) < 4.78 is 24.5. The SMILES string of the molecule is COc1cccc(C(=O)C2CN(C(C)C)CCO2)c1F. The minimum Gasteiger partial charge on any atom is -0.494 e. The molecule has 0 saturated carbocycles. The molecule has 0 radical (unpaired) electrons. The molecule has 2 rings (SSSR count). The molecule has 1 aromatic carbocycles. The summed E-state index contributed by atoms with van der Waals surface area (Å²) in [4.78, 5) is 14.6. The van der Waals surface area contributed by atoms with Crippen molar-refractivity contribution in [3.05, 3.63) is 29.6 Å². The first-order valence-electron chi connectivity index (χ1n) is 6.77. The standard InChI is InChI=1S/C15H20FNO3/c1-10(2)17-7-8-20-13(9-17)15(18)11-5-4-6-12(19-3)14(11)16/h4-6,10,13H,7-9H2,1-3H3. The van der Waals surface area contributed by atoms with E-state index >= 15 is 0 Å². The summed E-state index contributed by atoms with van der Waals surface area (Å²) in [6.07, 6.45) is -0.618. The van der Waals surface area contributed by atoms with Gasteiger partial charge in [-0.25, -0.2) is 4.39 Å². The van der Waals surface area contributed by atoms with Gasteiger partial charge in [-0.15, -0.1) is 0 Å². The Morgan fingerprint density at radius 2 is 2.25 bits per heavy atom. The van der Waals surface area contributed by atoms with E-state index in [1.54, 1.807) is 6.07 Å². The second kappa shape index (κ2) is 6.33. The Kier molecular flexibility index (Phi) is 4.73. The van der Waals surface area contributed by atoms with Crippen LogP contribution in [0.1, 0.15) is 24.2 Å². The van der Waals surface area contributed by atoms with E-state index in [0.717, 1.165) is 6.54 Å². The van der Waals surface area contributed by atoms with Crippen molar-refractivity contribution in [2.45, 2.75) is 26.0 Å². The van der Waals surface area contributed by atoms with Crippen LogP contribution in [0.3, 0.4) is 0 Å². The minimum atomic E-state index is -0.620. The molecule has 4 nitrogen and oxygen atoms in total. The highest BCUT2D eigenvalue weighted by Gasteiger charge is 2.30. The van der Waals surface area contributed by atoms with Crippen molar-refractivity contribution in [1.29, 1.82) is 0 Å². The van der Waals surface area contributed by atoms with Gasteiger partial charge in [0.15, 0.2) is 17.3 Å². The molecule has 1 aliphatic heterocycles. The Morgan fingerprint density at radius 3 is 2.90 bits per heavy atom. The lowest BCUT2D eigenvalue weighted by atomic mass is 10.0. The lowest BCUT2D eigenvalue weighted by Gasteiger charge is -2.34. The Bertz CT molecular complexity index is 490. The van der Waals surface area contributed by atoms with Gasteiger partial charge in [-0.05, 0) is 26.0 Å². The van der Waals surface area contributed by atoms with Gasteiger partial charge in [0, 0.05) is 19.1 Å². The average Bonchev–Trinajstić information content (AvgIpc) is 2.47. The van der Waals surface area contributed by atoms with E-state index in [1.165, 1.54) is 19.2 Å². The molecule has 1 unspecified atom stereocenters. The number of ether oxygens (including phenoxy) is 2. The van der Waals surface area contributed by atoms with Crippen LogP contribution in [0.4, 0.5) is 4.39 Å². The monoisotopic (exact) mass is 281 g/mol. The molecule has 20 heavy (non-hydrogen) atoms. The number of hydrogen-bond donors (Lipinski definition) is 0. The van der Waals surface area contributed by atoms with Crippen LogP contribution >= 0.6 is 0 Å². The minimum absolute atomic E-state index is 0.0277. The molecule has 0 amide bonds.